The maximum atomic E-state index is 11.7. The molecule has 0 aliphatic rings. The summed E-state index contributed by atoms with van der Waals surface area (Å²) in [6, 6.07) is -0.382. The average Bonchev–Trinajstić information content (AvgIpc) is 2.40. The second-order valence-electron chi connectivity index (χ2n) is 3.98. The van der Waals surface area contributed by atoms with Crippen molar-refractivity contribution in [1.82, 2.24) is 5.32 Å². The Balaban J connectivity index is 6.20. The van der Waals surface area contributed by atoms with Crippen molar-refractivity contribution in [1.29, 1.82) is 0 Å². The van der Waals surface area contributed by atoms with Crippen molar-refractivity contribution in [2.75, 3.05) is 13.2 Å². The minimum Gasteiger partial charge on any atom is -0.449 e. The monoisotopic (exact) mass is 269 g/mol. The molecule has 0 heterocycles. The van der Waals surface area contributed by atoms with Crippen molar-refractivity contribution >= 4 is 12.2 Å². The maximum absolute atomic E-state index is 11.7. The molecular weight excluding hydrogens is 236 g/mol. The van der Waals surface area contributed by atoms with E-state index in [0.717, 1.165) is 6.92 Å². The zero-order chi connectivity index (χ0) is 22.1. The summed E-state index contributed by atoms with van der Waals surface area (Å²) < 4.78 is 78.2. The van der Waals surface area contributed by atoms with Crippen molar-refractivity contribution < 1.29 is 31.4 Å². The van der Waals surface area contributed by atoms with Gasteiger partial charge in [-0.05, 0) is 20.2 Å². The molecule has 6 heteroatoms. The van der Waals surface area contributed by atoms with Crippen LogP contribution in [0.5, 0.6) is 0 Å². The third-order valence-electron chi connectivity index (χ3n) is 1.61. The Morgan fingerprint density at radius 3 is 2.67 bits per heavy atom. The lowest BCUT2D eigenvalue weighted by Crippen LogP contribution is -2.37. The van der Waals surface area contributed by atoms with Crippen LogP contribution in [-0.4, -0.2) is 31.4 Å². The van der Waals surface area contributed by atoms with Gasteiger partial charge < -0.3 is 20.5 Å². The first-order valence-corrected chi connectivity index (χ1v) is 5.14. The molecule has 0 bridgehead atoms. The van der Waals surface area contributed by atoms with Gasteiger partial charge >= 0.3 is 12.2 Å². The Labute approximate surface area is 121 Å². The number of hydrogen-bond donors (Lipinski definition) is 2. The Kier molecular flexibility index (Phi) is 2.87. The van der Waals surface area contributed by atoms with E-state index in [0.29, 0.717) is 0 Å². The molecule has 0 aromatic carbocycles. The van der Waals surface area contributed by atoms with Gasteiger partial charge in [-0.2, -0.15) is 0 Å². The molecule has 106 valence electrons. The Hall–Kier alpha value is -1.46. The number of rotatable bonds is 7. The molecule has 0 saturated carbocycles. The third kappa shape index (κ3) is 7.76. The van der Waals surface area contributed by atoms with Gasteiger partial charge in [0.15, 0.2) is 0 Å². The molecule has 0 spiro atoms. The molecule has 0 radical (unpaired) electrons. The number of primary amides is 1. The topological polar surface area (TPSA) is 90.7 Å². The van der Waals surface area contributed by atoms with Crippen molar-refractivity contribution in [3.63, 3.8) is 0 Å². The molecule has 18 heavy (non-hydrogen) atoms. The summed E-state index contributed by atoms with van der Waals surface area (Å²) in [5, 5.41) is 2.28. The van der Waals surface area contributed by atoms with Gasteiger partial charge in [0, 0.05) is 21.1 Å². The van der Waals surface area contributed by atoms with Gasteiger partial charge in [0.05, 0.1) is 2.74 Å². The van der Waals surface area contributed by atoms with E-state index in [9.17, 15) is 9.59 Å². The summed E-state index contributed by atoms with van der Waals surface area (Å²) in [7, 11) is 0. The van der Waals surface area contributed by atoms with E-state index >= 15 is 0 Å². The van der Waals surface area contributed by atoms with Gasteiger partial charge in [-0.25, -0.2) is 9.59 Å². The van der Waals surface area contributed by atoms with Crippen LogP contribution in [0.3, 0.4) is 0 Å². The van der Waals surface area contributed by atoms with E-state index < -0.39 is 50.4 Å². The predicted octanol–water partition coefficient (Wildman–Crippen LogP) is 2.02. The first-order valence-electron chi connectivity index (χ1n) is 9.64. The fourth-order valence-electron chi connectivity index (χ4n) is 0.879. The first-order chi connectivity index (χ1) is 11.7. The molecule has 3 N–H and O–H groups in total. The highest BCUT2D eigenvalue weighted by Gasteiger charge is 2.27. The number of carbonyl (C=O) groups excluding carboxylic acids is 2. The van der Waals surface area contributed by atoms with Crippen molar-refractivity contribution in [3.05, 3.63) is 0 Å². The summed E-state index contributed by atoms with van der Waals surface area (Å²) in [6.45, 7) is -4.08. The number of nitrogens with one attached hydrogen (secondary N) is 1. The molecule has 0 aromatic heterocycles. The first kappa shape index (κ1) is 6.63. The highest BCUT2D eigenvalue weighted by atomic mass is 16.6. The van der Waals surface area contributed by atoms with Crippen LogP contribution in [0.25, 0.3) is 0 Å². The fourth-order valence-corrected chi connectivity index (χ4v) is 0.879. The highest BCUT2D eigenvalue weighted by molar-refractivity contribution is 5.67. The Morgan fingerprint density at radius 2 is 2.17 bits per heavy atom. The summed E-state index contributed by atoms with van der Waals surface area (Å²) in [4.78, 5) is 22.7. The third-order valence-corrected chi connectivity index (χ3v) is 1.61. The normalized spacial score (nSPS) is 24.3. The summed E-state index contributed by atoms with van der Waals surface area (Å²) in [5.41, 5.74) is 2.00. The largest absolute Gasteiger partial charge is 0.449 e. The molecule has 0 aromatic rings. The van der Waals surface area contributed by atoms with Gasteiger partial charge in [0.2, 0.25) is 0 Å². The van der Waals surface area contributed by atoms with Crippen LogP contribution in [0.4, 0.5) is 9.59 Å². The fraction of sp³-hybridized carbons (Fsp3) is 0.833. The van der Waals surface area contributed by atoms with Gasteiger partial charge in [0.1, 0.15) is 13.2 Å². The van der Waals surface area contributed by atoms with Crippen molar-refractivity contribution in [2.24, 2.45) is 11.1 Å². The number of hydrogen-bond acceptors (Lipinski definition) is 4. The smallest absolute Gasteiger partial charge is 0.407 e. The van der Waals surface area contributed by atoms with Crippen LogP contribution in [0, 0.1) is 5.41 Å². The lowest BCUT2D eigenvalue weighted by atomic mass is 9.87. The standard InChI is InChI=1S/C12H24N2O4/c1-5-6-12(4,7-17-10(13)15)8-18-11(16)14-9(2)3/h9H,5-8H2,1-4H3,(H2,13,15)(H,14,16)/i1D3,5D2,6D2,7D2. The molecule has 0 rings (SSSR count). The molecule has 0 aliphatic heterocycles. The minimum atomic E-state index is -3.61. The molecule has 0 aliphatic carbocycles. The van der Waals surface area contributed by atoms with E-state index in [-0.39, 0.29) is 6.04 Å². The number of amides is 2. The number of ether oxygens (including phenoxy) is 2. The van der Waals surface area contributed by atoms with E-state index in [1.54, 1.807) is 13.8 Å². The van der Waals surface area contributed by atoms with Gasteiger partial charge in [-0.15, -0.1) is 0 Å². The Morgan fingerprint density at radius 1 is 1.50 bits per heavy atom. The second kappa shape index (κ2) is 7.79. The van der Waals surface area contributed by atoms with Gasteiger partial charge in [-0.3, -0.25) is 0 Å². The molecule has 0 fully saturated rings. The van der Waals surface area contributed by atoms with Crippen LogP contribution in [0.1, 0.15) is 52.7 Å². The van der Waals surface area contributed by atoms with Crippen molar-refractivity contribution in [3.8, 4) is 0 Å². The SMILES string of the molecule is [2H]C([2H])([2H])C([2H])([2H])C([2H])([2H])C(C)(COC(=O)NC(C)C)C([2H])([2H])OC(N)=O. The lowest BCUT2D eigenvalue weighted by Gasteiger charge is -2.27. The maximum Gasteiger partial charge on any atom is 0.407 e. The summed E-state index contributed by atoms with van der Waals surface area (Å²) in [6.07, 6.45) is -9.86. The summed E-state index contributed by atoms with van der Waals surface area (Å²) >= 11 is 0. The highest BCUT2D eigenvalue weighted by Crippen LogP contribution is 2.24. The van der Waals surface area contributed by atoms with E-state index in [1.165, 1.54) is 0 Å². The van der Waals surface area contributed by atoms with Crippen LogP contribution < -0.4 is 11.1 Å². The quantitative estimate of drug-likeness (QED) is 0.739. The van der Waals surface area contributed by atoms with E-state index in [4.69, 9.17) is 22.8 Å². The summed E-state index contributed by atoms with van der Waals surface area (Å²) in [5.74, 6) is 0. The van der Waals surface area contributed by atoms with Crippen LogP contribution in [0.2, 0.25) is 0 Å². The zero-order valence-electron chi connectivity index (χ0n) is 19.5. The van der Waals surface area contributed by atoms with Crippen LogP contribution in [0.15, 0.2) is 0 Å². The molecule has 1 atom stereocenters. The number of alkyl carbamates (subject to hydrolysis) is 1. The van der Waals surface area contributed by atoms with Gasteiger partial charge in [-0.1, -0.05) is 20.1 Å². The predicted molar refractivity (Wildman–Crippen MR) is 68.2 cm³/mol. The van der Waals surface area contributed by atoms with E-state index in [2.05, 4.69) is 10.1 Å². The van der Waals surface area contributed by atoms with Crippen molar-refractivity contribution in [2.45, 2.75) is 46.4 Å². The molecule has 0 saturated heterocycles. The lowest BCUT2D eigenvalue weighted by molar-refractivity contribution is 0.0333. The average molecular weight is 269 g/mol. The van der Waals surface area contributed by atoms with Gasteiger partial charge in [0.25, 0.3) is 0 Å². The molecular formula is C12H24N2O4. The zero-order valence-corrected chi connectivity index (χ0v) is 10.5. The minimum absolute atomic E-state index is 0.382. The number of carbonyl (C=O) groups is 2. The van der Waals surface area contributed by atoms with Crippen LogP contribution in [-0.2, 0) is 9.47 Å². The Bertz CT molecular complexity index is 566. The molecule has 2 amide bonds. The second-order valence-corrected chi connectivity index (χ2v) is 3.98. The molecule has 1 unspecified atom stereocenters. The molecule has 6 nitrogen and oxygen atoms in total. The van der Waals surface area contributed by atoms with Crippen LogP contribution >= 0.6 is 0 Å². The van der Waals surface area contributed by atoms with E-state index in [1.807, 2.05) is 0 Å². The number of nitrogens with two attached hydrogens (primary N) is 1.